The van der Waals surface area contributed by atoms with Gasteiger partial charge in [0, 0.05) is 37.6 Å². The van der Waals surface area contributed by atoms with Gasteiger partial charge in [0.05, 0.1) is 13.7 Å². The number of alkyl halides is 3. The van der Waals surface area contributed by atoms with E-state index < -0.39 is 6.36 Å². The number of rotatable bonds is 9. The van der Waals surface area contributed by atoms with Gasteiger partial charge in [-0.1, -0.05) is 6.07 Å². The summed E-state index contributed by atoms with van der Waals surface area (Å²) in [6.45, 7) is 1.06. The molecule has 0 fully saturated rings. The Morgan fingerprint density at radius 2 is 1.60 bits per heavy atom. The molecule has 0 atom stereocenters. The summed E-state index contributed by atoms with van der Waals surface area (Å²) < 4.78 is 46.9. The van der Waals surface area contributed by atoms with Gasteiger partial charge in [0.15, 0.2) is 0 Å². The Bertz CT molecular complexity index is 826. The van der Waals surface area contributed by atoms with E-state index in [-0.39, 0.29) is 18.2 Å². The molecule has 164 valence electrons. The third-order valence-corrected chi connectivity index (χ3v) is 4.39. The molecule has 0 saturated carbocycles. The molecule has 6 nitrogen and oxygen atoms in total. The number of methoxy groups -OCH3 is 1. The molecule has 2 aromatic rings. The molecule has 2 aromatic carbocycles. The molecule has 0 heterocycles. The molecule has 0 N–H and O–H groups in total. The molecule has 0 radical (unpaired) electrons. The Morgan fingerprint density at radius 1 is 0.933 bits per heavy atom. The van der Waals surface area contributed by atoms with Crippen molar-refractivity contribution in [2.75, 3.05) is 57.7 Å². The number of amides is 1. The van der Waals surface area contributed by atoms with E-state index in [2.05, 4.69) is 4.74 Å². The largest absolute Gasteiger partial charge is 0.573 e. The number of likely N-dealkylation sites (N-methyl/N-ethyl adjacent to an activating group) is 2. The first-order chi connectivity index (χ1) is 14.1. The van der Waals surface area contributed by atoms with Crippen LogP contribution >= 0.6 is 0 Å². The predicted molar refractivity (Wildman–Crippen MR) is 110 cm³/mol. The Morgan fingerprint density at radius 3 is 2.17 bits per heavy atom. The molecule has 9 heteroatoms. The number of hydrogen-bond acceptors (Lipinski definition) is 5. The minimum Gasteiger partial charge on any atom is -0.497 e. The van der Waals surface area contributed by atoms with Crippen LogP contribution in [0.15, 0.2) is 48.5 Å². The number of hydrogen-bond donors (Lipinski definition) is 0. The van der Waals surface area contributed by atoms with Crippen LogP contribution in [-0.2, 0) is 4.79 Å². The highest BCUT2D eigenvalue weighted by Crippen LogP contribution is 2.27. The minimum atomic E-state index is -4.78. The molecular formula is C21H26F3N3O3. The van der Waals surface area contributed by atoms with E-state index in [1.165, 1.54) is 23.1 Å². The maximum Gasteiger partial charge on any atom is 0.573 e. The van der Waals surface area contributed by atoms with Crippen LogP contribution in [0.2, 0.25) is 0 Å². The van der Waals surface area contributed by atoms with Crippen LogP contribution in [0, 0.1) is 0 Å². The summed E-state index contributed by atoms with van der Waals surface area (Å²) in [5.41, 5.74) is 1.15. The molecule has 0 aliphatic carbocycles. The predicted octanol–water partition coefficient (Wildman–Crippen LogP) is 3.62. The third kappa shape index (κ3) is 7.14. The van der Waals surface area contributed by atoms with Crippen molar-refractivity contribution in [2.24, 2.45) is 0 Å². The number of carbonyl (C=O) groups is 1. The van der Waals surface area contributed by atoms with Crippen molar-refractivity contribution in [3.63, 3.8) is 0 Å². The van der Waals surface area contributed by atoms with Gasteiger partial charge in [0.2, 0.25) is 5.91 Å². The zero-order valence-corrected chi connectivity index (χ0v) is 17.4. The molecule has 2 rings (SSSR count). The van der Waals surface area contributed by atoms with Crippen LogP contribution < -0.4 is 19.3 Å². The molecule has 30 heavy (non-hydrogen) atoms. The number of benzene rings is 2. The smallest absolute Gasteiger partial charge is 0.497 e. The topological polar surface area (TPSA) is 45.2 Å². The molecular weight excluding hydrogens is 399 g/mol. The molecule has 0 aromatic heterocycles. The van der Waals surface area contributed by atoms with Crippen molar-refractivity contribution in [3.8, 4) is 11.5 Å². The highest BCUT2D eigenvalue weighted by Gasteiger charge is 2.31. The summed E-state index contributed by atoms with van der Waals surface area (Å²) in [7, 11) is 6.97. The molecule has 1 amide bonds. The van der Waals surface area contributed by atoms with Crippen LogP contribution in [0.3, 0.4) is 0 Å². The fourth-order valence-electron chi connectivity index (χ4n) is 2.72. The van der Waals surface area contributed by atoms with Gasteiger partial charge in [-0.3, -0.25) is 4.79 Å². The summed E-state index contributed by atoms with van der Waals surface area (Å²) in [6.07, 6.45) is -4.78. The summed E-state index contributed by atoms with van der Waals surface area (Å²) >= 11 is 0. The third-order valence-electron chi connectivity index (χ3n) is 4.39. The molecule has 0 bridgehead atoms. The summed E-state index contributed by atoms with van der Waals surface area (Å²) in [4.78, 5) is 18.0. The monoisotopic (exact) mass is 425 g/mol. The Labute approximate surface area is 174 Å². The fraction of sp³-hybridized carbons (Fsp3) is 0.381. The Kier molecular flexibility index (Phi) is 7.93. The van der Waals surface area contributed by atoms with Gasteiger partial charge in [-0.15, -0.1) is 13.2 Å². The number of halogens is 3. The first-order valence-corrected chi connectivity index (χ1v) is 9.25. The highest BCUT2D eigenvalue weighted by molar-refractivity contribution is 5.96. The van der Waals surface area contributed by atoms with Crippen molar-refractivity contribution in [3.05, 3.63) is 48.5 Å². The van der Waals surface area contributed by atoms with E-state index in [1.54, 1.807) is 49.4 Å². The minimum absolute atomic E-state index is 0.00809. The van der Waals surface area contributed by atoms with Crippen molar-refractivity contribution < 1.29 is 27.4 Å². The van der Waals surface area contributed by atoms with E-state index in [9.17, 15) is 18.0 Å². The van der Waals surface area contributed by atoms with E-state index in [1.807, 2.05) is 19.0 Å². The number of nitrogens with zero attached hydrogens (tertiary/aromatic N) is 3. The quantitative estimate of drug-likeness (QED) is 0.614. The fourth-order valence-corrected chi connectivity index (χ4v) is 2.72. The maximum absolute atomic E-state index is 12.9. The molecule has 0 aliphatic heterocycles. The second-order valence-electron chi connectivity index (χ2n) is 6.92. The first-order valence-electron chi connectivity index (χ1n) is 9.25. The SMILES string of the molecule is COc1ccc(N(C)C(=O)CN(CCN(C)C)c2cccc(OC(F)(F)F)c2)cc1. The zero-order valence-electron chi connectivity index (χ0n) is 17.4. The van der Waals surface area contributed by atoms with Crippen LogP contribution in [-0.4, -0.2) is 65.1 Å². The Balaban J connectivity index is 2.19. The van der Waals surface area contributed by atoms with Gasteiger partial charge in [-0.2, -0.15) is 0 Å². The standard InChI is InChI=1S/C21H26F3N3O3/c1-25(2)12-13-27(17-6-5-7-19(14-17)30-21(22,23)24)15-20(28)26(3)16-8-10-18(29-4)11-9-16/h5-11,14H,12-13,15H2,1-4H3. The van der Waals surface area contributed by atoms with Crippen molar-refractivity contribution >= 4 is 17.3 Å². The van der Waals surface area contributed by atoms with Crippen LogP contribution in [0.1, 0.15) is 0 Å². The van der Waals surface area contributed by atoms with Gasteiger partial charge in [-0.05, 0) is 50.5 Å². The second-order valence-corrected chi connectivity index (χ2v) is 6.92. The van der Waals surface area contributed by atoms with Crippen molar-refractivity contribution in [2.45, 2.75) is 6.36 Å². The van der Waals surface area contributed by atoms with Crippen LogP contribution in [0.4, 0.5) is 24.5 Å². The number of anilines is 2. The van der Waals surface area contributed by atoms with Gasteiger partial charge >= 0.3 is 6.36 Å². The number of carbonyl (C=O) groups excluding carboxylic acids is 1. The molecule has 0 saturated heterocycles. The Hall–Kier alpha value is -2.94. The zero-order chi connectivity index (χ0) is 22.3. The van der Waals surface area contributed by atoms with Crippen LogP contribution in [0.5, 0.6) is 11.5 Å². The van der Waals surface area contributed by atoms with Gasteiger partial charge in [0.1, 0.15) is 11.5 Å². The molecule has 0 aliphatic rings. The van der Waals surface area contributed by atoms with Crippen molar-refractivity contribution in [1.29, 1.82) is 0 Å². The normalized spacial score (nSPS) is 11.3. The summed E-state index contributed by atoms with van der Waals surface area (Å²) in [5.74, 6) is 0.139. The van der Waals surface area contributed by atoms with E-state index in [4.69, 9.17) is 4.74 Å². The number of ether oxygens (including phenoxy) is 2. The summed E-state index contributed by atoms with van der Waals surface area (Å²) in [5, 5.41) is 0. The second kappa shape index (κ2) is 10.2. The van der Waals surface area contributed by atoms with Crippen LogP contribution in [0.25, 0.3) is 0 Å². The highest BCUT2D eigenvalue weighted by atomic mass is 19.4. The lowest BCUT2D eigenvalue weighted by molar-refractivity contribution is -0.274. The van der Waals surface area contributed by atoms with E-state index >= 15 is 0 Å². The molecule has 0 spiro atoms. The summed E-state index contributed by atoms with van der Waals surface area (Å²) in [6, 6.07) is 12.7. The first kappa shape index (κ1) is 23.3. The van der Waals surface area contributed by atoms with Gasteiger partial charge in [0.25, 0.3) is 0 Å². The van der Waals surface area contributed by atoms with E-state index in [0.29, 0.717) is 30.2 Å². The van der Waals surface area contributed by atoms with Crippen molar-refractivity contribution in [1.82, 2.24) is 4.90 Å². The average Bonchev–Trinajstić information content (AvgIpc) is 2.69. The lowest BCUT2D eigenvalue weighted by Crippen LogP contribution is -2.41. The maximum atomic E-state index is 12.9. The van der Waals surface area contributed by atoms with Gasteiger partial charge in [-0.25, -0.2) is 0 Å². The molecule has 0 unspecified atom stereocenters. The lowest BCUT2D eigenvalue weighted by Gasteiger charge is -2.28. The van der Waals surface area contributed by atoms with Gasteiger partial charge < -0.3 is 24.2 Å². The lowest BCUT2D eigenvalue weighted by atomic mass is 10.2. The average molecular weight is 425 g/mol. The van der Waals surface area contributed by atoms with E-state index in [0.717, 1.165) is 0 Å².